The summed E-state index contributed by atoms with van der Waals surface area (Å²) in [6.45, 7) is 0.0235. The first kappa shape index (κ1) is 19.3. The lowest BCUT2D eigenvalue weighted by Gasteiger charge is -2.23. The highest BCUT2D eigenvalue weighted by atomic mass is 32.2. The van der Waals surface area contributed by atoms with Crippen LogP contribution < -0.4 is 5.32 Å². The van der Waals surface area contributed by atoms with Gasteiger partial charge in [-0.3, -0.25) is 0 Å². The Morgan fingerprint density at radius 3 is 2.36 bits per heavy atom. The van der Waals surface area contributed by atoms with Gasteiger partial charge < -0.3 is 20.3 Å². The monoisotopic (exact) mass is 361 g/mol. The Hall–Kier alpha value is -2.02. The van der Waals surface area contributed by atoms with Gasteiger partial charge in [-0.2, -0.15) is 0 Å². The van der Waals surface area contributed by atoms with Gasteiger partial charge in [0.2, 0.25) is 0 Å². The molecule has 0 aromatic heterocycles. The molecule has 0 saturated heterocycles. The number of amides is 1. The molecule has 2 atom stereocenters. The van der Waals surface area contributed by atoms with Crippen molar-refractivity contribution in [3.63, 3.8) is 0 Å². The minimum absolute atomic E-state index is 0.144. The molecular weight excluding hydrogens is 338 g/mol. The maximum atomic E-state index is 12.0. The van der Waals surface area contributed by atoms with Gasteiger partial charge in [0.1, 0.15) is 6.61 Å². The van der Waals surface area contributed by atoms with Crippen LogP contribution in [0.25, 0.3) is 0 Å². The lowest BCUT2D eigenvalue weighted by atomic mass is 10.1. The van der Waals surface area contributed by atoms with Crippen LogP contribution in [0, 0.1) is 0 Å². The molecule has 0 fully saturated rings. The fourth-order valence-electron chi connectivity index (χ4n) is 2.20. The molecule has 2 rings (SSSR count). The second-order valence-electron chi connectivity index (χ2n) is 5.52. The number of hydrogen-bond acceptors (Lipinski definition) is 5. The van der Waals surface area contributed by atoms with Crippen molar-refractivity contribution < 1.29 is 19.7 Å². The molecule has 3 N–H and O–H groups in total. The van der Waals surface area contributed by atoms with Crippen LogP contribution >= 0.6 is 11.8 Å². The predicted octanol–water partition coefficient (Wildman–Crippen LogP) is 2.82. The third-order valence-corrected chi connectivity index (χ3v) is 4.71. The number of rotatable bonds is 9. The highest BCUT2D eigenvalue weighted by Gasteiger charge is 2.22. The standard InChI is InChI=1S/C19H23NO4S/c21-12-11-18(22)17(14-25-16-9-5-2-6-10-16)20-19(23)24-13-15-7-3-1-4-8-15/h1-10,17-18,21-22H,11-14H2,(H,20,23). The SMILES string of the molecule is O=C(NC(CSc1ccccc1)C(O)CCO)OCc1ccccc1. The highest BCUT2D eigenvalue weighted by molar-refractivity contribution is 7.99. The third-order valence-electron chi connectivity index (χ3n) is 3.58. The van der Waals surface area contributed by atoms with Gasteiger partial charge in [-0.05, 0) is 24.1 Å². The summed E-state index contributed by atoms with van der Waals surface area (Å²) in [6.07, 6.45) is -1.23. The van der Waals surface area contributed by atoms with Crippen molar-refractivity contribution in [2.45, 2.75) is 30.1 Å². The molecule has 0 radical (unpaired) electrons. The Morgan fingerprint density at radius 2 is 1.72 bits per heavy atom. The summed E-state index contributed by atoms with van der Waals surface area (Å²) in [6, 6.07) is 18.6. The van der Waals surface area contributed by atoms with Crippen molar-refractivity contribution in [2.24, 2.45) is 0 Å². The molecule has 2 aromatic carbocycles. The lowest BCUT2D eigenvalue weighted by molar-refractivity contribution is 0.0895. The smallest absolute Gasteiger partial charge is 0.407 e. The number of hydrogen-bond donors (Lipinski definition) is 3. The van der Waals surface area contributed by atoms with Crippen molar-refractivity contribution in [2.75, 3.05) is 12.4 Å². The molecule has 0 bridgehead atoms. The largest absolute Gasteiger partial charge is 0.445 e. The van der Waals surface area contributed by atoms with Crippen molar-refractivity contribution in [1.82, 2.24) is 5.32 Å². The molecule has 0 spiro atoms. The van der Waals surface area contributed by atoms with Crippen LogP contribution in [0.4, 0.5) is 4.79 Å². The van der Waals surface area contributed by atoms with E-state index in [2.05, 4.69) is 5.32 Å². The summed E-state index contributed by atoms with van der Waals surface area (Å²) < 4.78 is 5.21. The molecule has 6 heteroatoms. The Morgan fingerprint density at radius 1 is 1.08 bits per heavy atom. The van der Waals surface area contributed by atoms with Gasteiger partial charge in [0.05, 0.1) is 12.1 Å². The second-order valence-corrected chi connectivity index (χ2v) is 6.61. The maximum absolute atomic E-state index is 12.0. The Labute approximate surface area is 152 Å². The average Bonchev–Trinajstić information content (AvgIpc) is 2.65. The number of carbonyl (C=O) groups excluding carboxylic acids is 1. The molecule has 5 nitrogen and oxygen atoms in total. The minimum atomic E-state index is -0.842. The quantitative estimate of drug-likeness (QED) is 0.599. The van der Waals surface area contributed by atoms with Gasteiger partial charge in [-0.15, -0.1) is 11.8 Å². The predicted molar refractivity (Wildman–Crippen MR) is 98.4 cm³/mol. The maximum Gasteiger partial charge on any atom is 0.407 e. The van der Waals surface area contributed by atoms with Gasteiger partial charge in [0.15, 0.2) is 0 Å². The van der Waals surface area contributed by atoms with Crippen molar-refractivity contribution in [3.8, 4) is 0 Å². The second kappa shape index (κ2) is 10.8. The molecule has 0 aliphatic carbocycles. The lowest BCUT2D eigenvalue weighted by Crippen LogP contribution is -2.45. The molecule has 0 aliphatic rings. The zero-order valence-corrected chi connectivity index (χ0v) is 14.7. The van der Waals surface area contributed by atoms with E-state index in [-0.39, 0.29) is 19.6 Å². The first-order chi connectivity index (χ1) is 12.2. The van der Waals surface area contributed by atoms with E-state index in [1.165, 1.54) is 11.8 Å². The van der Waals surface area contributed by atoms with Crippen LogP contribution in [-0.4, -0.2) is 40.8 Å². The number of alkyl carbamates (subject to hydrolysis) is 1. The Kier molecular flexibility index (Phi) is 8.31. The first-order valence-electron chi connectivity index (χ1n) is 8.13. The Bertz CT molecular complexity index is 624. The van der Waals surface area contributed by atoms with E-state index in [1.807, 2.05) is 60.7 Å². The van der Waals surface area contributed by atoms with Crippen molar-refractivity contribution in [1.29, 1.82) is 0 Å². The molecular formula is C19H23NO4S. The number of benzene rings is 2. The summed E-state index contributed by atoms with van der Waals surface area (Å²) in [5, 5.41) is 21.9. The van der Waals surface area contributed by atoms with E-state index in [4.69, 9.17) is 9.84 Å². The molecule has 2 aromatic rings. The van der Waals surface area contributed by atoms with Crippen LogP contribution in [0.1, 0.15) is 12.0 Å². The molecule has 1 amide bonds. The van der Waals surface area contributed by atoms with Gasteiger partial charge in [0, 0.05) is 17.3 Å². The summed E-state index contributed by atoms with van der Waals surface area (Å²) in [4.78, 5) is 13.1. The van der Waals surface area contributed by atoms with E-state index in [9.17, 15) is 9.90 Å². The molecule has 0 aliphatic heterocycles. The molecule has 0 saturated carbocycles. The fourth-order valence-corrected chi connectivity index (χ4v) is 3.23. The Balaban J connectivity index is 1.87. The zero-order chi connectivity index (χ0) is 17.9. The van der Waals surface area contributed by atoms with E-state index in [0.717, 1.165) is 10.5 Å². The third kappa shape index (κ3) is 7.17. The topological polar surface area (TPSA) is 78.8 Å². The zero-order valence-electron chi connectivity index (χ0n) is 13.9. The number of aliphatic hydroxyl groups is 2. The van der Waals surface area contributed by atoms with Crippen molar-refractivity contribution in [3.05, 3.63) is 66.2 Å². The number of carbonyl (C=O) groups is 1. The van der Waals surface area contributed by atoms with Gasteiger partial charge in [0.25, 0.3) is 0 Å². The summed E-state index contributed by atoms with van der Waals surface area (Å²) in [5.41, 5.74) is 0.892. The van der Waals surface area contributed by atoms with Crippen LogP contribution in [0.2, 0.25) is 0 Å². The minimum Gasteiger partial charge on any atom is -0.445 e. The van der Waals surface area contributed by atoms with Crippen LogP contribution in [-0.2, 0) is 11.3 Å². The first-order valence-corrected chi connectivity index (χ1v) is 9.11. The van der Waals surface area contributed by atoms with Crippen molar-refractivity contribution >= 4 is 17.9 Å². The number of aliphatic hydroxyl groups excluding tert-OH is 2. The van der Waals surface area contributed by atoms with Gasteiger partial charge in [-0.1, -0.05) is 48.5 Å². The van der Waals surface area contributed by atoms with E-state index in [1.54, 1.807) is 0 Å². The molecule has 25 heavy (non-hydrogen) atoms. The number of ether oxygens (including phenoxy) is 1. The number of nitrogens with one attached hydrogen (secondary N) is 1. The fraction of sp³-hybridized carbons (Fsp3) is 0.316. The van der Waals surface area contributed by atoms with E-state index >= 15 is 0 Å². The van der Waals surface area contributed by atoms with Gasteiger partial charge >= 0.3 is 6.09 Å². The molecule has 0 heterocycles. The number of thioether (sulfide) groups is 1. The summed E-state index contributed by atoms with van der Waals surface area (Å²) in [7, 11) is 0. The molecule has 134 valence electrons. The summed E-state index contributed by atoms with van der Waals surface area (Å²) >= 11 is 1.53. The van der Waals surface area contributed by atoms with Crippen LogP contribution in [0.15, 0.2) is 65.6 Å². The van der Waals surface area contributed by atoms with E-state index < -0.39 is 18.2 Å². The normalized spacial score (nSPS) is 13.0. The van der Waals surface area contributed by atoms with Gasteiger partial charge in [-0.25, -0.2) is 4.79 Å². The van der Waals surface area contributed by atoms with Crippen LogP contribution in [0.5, 0.6) is 0 Å². The van der Waals surface area contributed by atoms with Crippen LogP contribution in [0.3, 0.4) is 0 Å². The average molecular weight is 361 g/mol. The van der Waals surface area contributed by atoms with E-state index in [0.29, 0.717) is 5.75 Å². The highest BCUT2D eigenvalue weighted by Crippen LogP contribution is 2.19. The molecule has 2 unspecified atom stereocenters. The summed E-state index contributed by atoms with van der Waals surface area (Å²) in [5.74, 6) is 0.478.